The summed E-state index contributed by atoms with van der Waals surface area (Å²) in [7, 11) is 6.29. The SMILES string of the molecule is CN1CC[C@]([Si])(c2ccc(F)cc2)[C@H](CCc2ccc3c(c2)OCO3)C1. The summed E-state index contributed by atoms with van der Waals surface area (Å²) in [6, 6.07) is 13.2. The van der Waals surface area contributed by atoms with Crippen LogP contribution in [0.5, 0.6) is 11.5 Å². The third-order valence-corrected chi connectivity index (χ3v) is 6.64. The lowest BCUT2D eigenvalue weighted by Gasteiger charge is -2.45. The van der Waals surface area contributed by atoms with Crippen molar-refractivity contribution in [1.29, 1.82) is 0 Å². The zero-order chi connectivity index (χ0) is 18.1. The van der Waals surface area contributed by atoms with Gasteiger partial charge in [-0.3, -0.25) is 0 Å². The van der Waals surface area contributed by atoms with E-state index in [2.05, 4.69) is 34.3 Å². The van der Waals surface area contributed by atoms with E-state index in [1.54, 1.807) is 12.1 Å². The van der Waals surface area contributed by atoms with Crippen molar-refractivity contribution in [2.24, 2.45) is 5.92 Å². The fourth-order valence-corrected chi connectivity index (χ4v) is 4.61. The molecule has 2 aliphatic rings. The highest BCUT2D eigenvalue weighted by atomic mass is 28.1. The molecule has 0 saturated carbocycles. The van der Waals surface area contributed by atoms with Gasteiger partial charge in [0.1, 0.15) is 5.82 Å². The van der Waals surface area contributed by atoms with Crippen LogP contribution in [0.2, 0.25) is 0 Å². The third-order valence-electron chi connectivity index (χ3n) is 5.69. The molecular weight excluding hydrogens is 345 g/mol. The first kappa shape index (κ1) is 17.6. The molecule has 0 spiro atoms. The normalized spacial score (nSPS) is 25.4. The smallest absolute Gasteiger partial charge is 0.231 e. The fourth-order valence-electron chi connectivity index (χ4n) is 4.10. The van der Waals surface area contributed by atoms with E-state index in [0.29, 0.717) is 12.7 Å². The van der Waals surface area contributed by atoms with E-state index in [1.807, 2.05) is 18.2 Å². The summed E-state index contributed by atoms with van der Waals surface area (Å²) < 4.78 is 24.3. The molecule has 3 radical (unpaired) electrons. The number of halogens is 1. The topological polar surface area (TPSA) is 21.7 Å². The van der Waals surface area contributed by atoms with Gasteiger partial charge in [0.05, 0.1) is 0 Å². The first-order valence-corrected chi connectivity index (χ1v) is 9.63. The number of hydrogen-bond acceptors (Lipinski definition) is 3. The van der Waals surface area contributed by atoms with Crippen molar-refractivity contribution < 1.29 is 13.9 Å². The van der Waals surface area contributed by atoms with E-state index in [9.17, 15) is 4.39 Å². The third kappa shape index (κ3) is 3.38. The maximum atomic E-state index is 13.4. The number of benzene rings is 2. The highest BCUT2D eigenvalue weighted by Crippen LogP contribution is 2.40. The quantitative estimate of drug-likeness (QED) is 0.771. The van der Waals surface area contributed by atoms with Crippen molar-refractivity contribution in [2.45, 2.75) is 24.3 Å². The lowest BCUT2D eigenvalue weighted by Crippen LogP contribution is -2.49. The monoisotopic (exact) mass is 368 g/mol. The van der Waals surface area contributed by atoms with Gasteiger partial charge in [-0.25, -0.2) is 4.39 Å². The standard InChI is InChI=1S/C21H23FNO2Si/c1-23-11-10-21(26,16-5-7-18(22)8-6-16)17(13-23)4-2-15-3-9-19-20(12-15)25-14-24-19/h3,5-9,12,17H,2,4,10-11,13-14H2,1H3/t17-,21+/m1/s1. The van der Waals surface area contributed by atoms with Gasteiger partial charge in [-0.2, -0.15) is 0 Å². The zero-order valence-electron chi connectivity index (χ0n) is 15.0. The number of piperidine rings is 1. The Hall–Kier alpha value is -1.85. The summed E-state index contributed by atoms with van der Waals surface area (Å²) in [5.74, 6) is 1.92. The Morgan fingerprint density at radius 2 is 1.92 bits per heavy atom. The summed E-state index contributed by atoms with van der Waals surface area (Å²) in [5.41, 5.74) is 2.43. The van der Waals surface area contributed by atoms with Crippen LogP contribution >= 0.6 is 0 Å². The van der Waals surface area contributed by atoms with Crippen molar-refractivity contribution in [2.75, 3.05) is 26.9 Å². The van der Waals surface area contributed by atoms with Gasteiger partial charge in [0, 0.05) is 16.8 Å². The summed E-state index contributed by atoms with van der Waals surface area (Å²) in [4.78, 5) is 2.38. The number of ether oxygens (including phenoxy) is 2. The molecule has 135 valence electrons. The van der Waals surface area contributed by atoms with Crippen LogP contribution in [0.3, 0.4) is 0 Å². The molecule has 3 nitrogen and oxygen atoms in total. The lowest BCUT2D eigenvalue weighted by atomic mass is 9.76. The van der Waals surface area contributed by atoms with E-state index in [1.165, 1.54) is 11.1 Å². The molecule has 5 heteroatoms. The van der Waals surface area contributed by atoms with E-state index in [-0.39, 0.29) is 10.9 Å². The van der Waals surface area contributed by atoms with Crippen LogP contribution in [0.15, 0.2) is 42.5 Å². The second kappa shape index (κ2) is 7.04. The minimum absolute atomic E-state index is 0.115. The molecular formula is C21H23FNO2Si. The number of aryl methyl sites for hydroxylation is 1. The van der Waals surface area contributed by atoms with Gasteiger partial charge in [-0.15, -0.1) is 0 Å². The Kier molecular flexibility index (Phi) is 4.76. The van der Waals surface area contributed by atoms with E-state index in [0.717, 1.165) is 43.9 Å². The van der Waals surface area contributed by atoms with Gasteiger partial charge < -0.3 is 14.4 Å². The Balaban J connectivity index is 1.52. The van der Waals surface area contributed by atoms with Crippen LogP contribution in [0.25, 0.3) is 0 Å². The van der Waals surface area contributed by atoms with Crippen molar-refractivity contribution in [3.63, 3.8) is 0 Å². The van der Waals surface area contributed by atoms with Crippen LogP contribution < -0.4 is 9.47 Å². The molecule has 1 fully saturated rings. The highest BCUT2D eigenvalue weighted by Gasteiger charge is 2.39. The van der Waals surface area contributed by atoms with E-state index in [4.69, 9.17) is 9.47 Å². The molecule has 2 aromatic rings. The second-order valence-electron chi connectivity index (χ2n) is 7.41. The van der Waals surface area contributed by atoms with Gasteiger partial charge in [0.25, 0.3) is 0 Å². The molecule has 2 atom stereocenters. The van der Waals surface area contributed by atoms with Gasteiger partial charge >= 0.3 is 0 Å². The second-order valence-corrected chi connectivity index (χ2v) is 8.31. The summed E-state index contributed by atoms with van der Waals surface area (Å²) >= 11 is 0. The van der Waals surface area contributed by atoms with E-state index >= 15 is 0 Å². The maximum Gasteiger partial charge on any atom is 0.231 e. The molecule has 2 aliphatic heterocycles. The summed E-state index contributed by atoms with van der Waals surface area (Å²) in [5, 5.41) is -0.115. The number of hydrogen-bond donors (Lipinski definition) is 0. The molecule has 0 aromatic heterocycles. The van der Waals surface area contributed by atoms with E-state index < -0.39 is 0 Å². The van der Waals surface area contributed by atoms with Crippen LogP contribution in [-0.2, 0) is 11.5 Å². The van der Waals surface area contributed by atoms with Gasteiger partial charge in [0.15, 0.2) is 11.5 Å². The molecule has 0 bridgehead atoms. The maximum absolute atomic E-state index is 13.4. The van der Waals surface area contributed by atoms with Crippen LogP contribution in [-0.4, -0.2) is 42.1 Å². The van der Waals surface area contributed by atoms with Crippen molar-refractivity contribution in [1.82, 2.24) is 4.90 Å². The molecule has 0 N–H and O–H groups in total. The number of nitrogens with zero attached hydrogens (tertiary/aromatic N) is 1. The first-order chi connectivity index (χ1) is 12.5. The van der Waals surface area contributed by atoms with Gasteiger partial charge in [0.2, 0.25) is 6.79 Å². The number of rotatable bonds is 4. The average molecular weight is 369 g/mol. The minimum Gasteiger partial charge on any atom is -0.454 e. The Labute approximate surface area is 157 Å². The molecule has 2 aromatic carbocycles. The molecule has 0 unspecified atom stereocenters. The average Bonchev–Trinajstić information content (AvgIpc) is 3.11. The first-order valence-electron chi connectivity index (χ1n) is 9.13. The van der Waals surface area contributed by atoms with Crippen LogP contribution in [0, 0.1) is 11.7 Å². The predicted molar refractivity (Wildman–Crippen MR) is 100 cm³/mol. The fraction of sp³-hybridized carbons (Fsp3) is 0.429. The molecule has 0 aliphatic carbocycles. The lowest BCUT2D eigenvalue weighted by molar-refractivity contribution is 0.153. The molecule has 26 heavy (non-hydrogen) atoms. The molecule has 4 rings (SSSR count). The van der Waals surface area contributed by atoms with Crippen molar-refractivity contribution in [3.8, 4) is 11.5 Å². The van der Waals surface area contributed by atoms with Crippen molar-refractivity contribution >= 4 is 10.2 Å². The Bertz CT molecular complexity index is 782. The summed E-state index contributed by atoms with van der Waals surface area (Å²) in [6.07, 6.45) is 3.03. The molecule has 2 heterocycles. The van der Waals surface area contributed by atoms with Crippen LogP contribution in [0.1, 0.15) is 24.0 Å². The Morgan fingerprint density at radius 1 is 1.15 bits per heavy atom. The zero-order valence-corrected chi connectivity index (χ0v) is 16.0. The van der Waals surface area contributed by atoms with Gasteiger partial charge in [-0.05, 0) is 79.2 Å². The number of fused-ring (bicyclic) bond motifs is 1. The predicted octanol–water partition coefficient (Wildman–Crippen LogP) is 3.50. The number of likely N-dealkylation sites (tertiary alicyclic amines) is 1. The minimum atomic E-state index is -0.186. The highest BCUT2D eigenvalue weighted by molar-refractivity contribution is 6.16. The Morgan fingerprint density at radius 3 is 2.73 bits per heavy atom. The summed E-state index contributed by atoms with van der Waals surface area (Å²) in [6.45, 7) is 2.35. The van der Waals surface area contributed by atoms with Crippen molar-refractivity contribution in [3.05, 3.63) is 59.4 Å². The molecule has 0 amide bonds. The van der Waals surface area contributed by atoms with Crippen LogP contribution in [0.4, 0.5) is 4.39 Å². The van der Waals surface area contributed by atoms with Gasteiger partial charge in [-0.1, -0.05) is 18.2 Å². The molecule has 1 saturated heterocycles. The largest absolute Gasteiger partial charge is 0.454 e.